The first-order valence-corrected chi connectivity index (χ1v) is 6.19. The molecule has 2 N–H and O–H groups in total. The SMILES string of the molecule is NC1CCCCC(C2CCOCC2)C1. The van der Waals surface area contributed by atoms with Gasteiger partial charge < -0.3 is 10.5 Å². The fourth-order valence-corrected chi connectivity index (χ4v) is 3.05. The van der Waals surface area contributed by atoms with E-state index in [1.807, 2.05) is 0 Å². The smallest absolute Gasteiger partial charge is 0.0468 e. The zero-order valence-electron chi connectivity index (χ0n) is 9.08. The van der Waals surface area contributed by atoms with Gasteiger partial charge in [-0.25, -0.2) is 0 Å². The van der Waals surface area contributed by atoms with Crippen LogP contribution >= 0.6 is 0 Å². The van der Waals surface area contributed by atoms with Crippen molar-refractivity contribution in [2.75, 3.05) is 13.2 Å². The molecule has 0 bridgehead atoms. The minimum atomic E-state index is 0.477. The van der Waals surface area contributed by atoms with Crippen molar-refractivity contribution in [3.8, 4) is 0 Å². The van der Waals surface area contributed by atoms with Gasteiger partial charge in [-0.15, -0.1) is 0 Å². The van der Waals surface area contributed by atoms with Gasteiger partial charge in [-0.05, 0) is 37.5 Å². The van der Waals surface area contributed by atoms with Crippen LogP contribution in [0.3, 0.4) is 0 Å². The van der Waals surface area contributed by atoms with E-state index >= 15 is 0 Å². The van der Waals surface area contributed by atoms with Crippen molar-refractivity contribution in [2.24, 2.45) is 17.6 Å². The predicted octanol–water partition coefficient (Wildman–Crippen LogP) is 2.32. The van der Waals surface area contributed by atoms with Crippen LogP contribution in [0.15, 0.2) is 0 Å². The highest BCUT2D eigenvalue weighted by Crippen LogP contribution is 2.33. The van der Waals surface area contributed by atoms with Gasteiger partial charge in [-0.2, -0.15) is 0 Å². The highest BCUT2D eigenvalue weighted by Gasteiger charge is 2.26. The topological polar surface area (TPSA) is 35.2 Å². The maximum Gasteiger partial charge on any atom is 0.0468 e. The van der Waals surface area contributed by atoms with E-state index in [1.165, 1.54) is 44.9 Å². The lowest BCUT2D eigenvalue weighted by molar-refractivity contribution is 0.0429. The minimum Gasteiger partial charge on any atom is -0.381 e. The van der Waals surface area contributed by atoms with E-state index in [2.05, 4.69) is 0 Å². The first-order valence-electron chi connectivity index (χ1n) is 6.19. The lowest BCUT2D eigenvalue weighted by atomic mass is 9.81. The molecule has 2 aliphatic rings. The summed E-state index contributed by atoms with van der Waals surface area (Å²) in [7, 11) is 0. The van der Waals surface area contributed by atoms with E-state index in [4.69, 9.17) is 10.5 Å². The summed E-state index contributed by atoms with van der Waals surface area (Å²) in [6.07, 6.45) is 9.23. The van der Waals surface area contributed by atoms with Gasteiger partial charge in [0.1, 0.15) is 0 Å². The molecule has 1 saturated carbocycles. The third-order valence-electron chi connectivity index (χ3n) is 3.94. The molecule has 1 heterocycles. The summed E-state index contributed by atoms with van der Waals surface area (Å²) in [5.41, 5.74) is 6.10. The van der Waals surface area contributed by atoms with E-state index in [0.717, 1.165) is 25.0 Å². The Morgan fingerprint density at radius 2 is 1.57 bits per heavy atom. The molecule has 2 nitrogen and oxygen atoms in total. The minimum absolute atomic E-state index is 0.477. The highest BCUT2D eigenvalue weighted by atomic mass is 16.5. The lowest BCUT2D eigenvalue weighted by Crippen LogP contribution is -2.28. The number of hydrogen-bond donors (Lipinski definition) is 1. The number of nitrogens with two attached hydrogens (primary N) is 1. The molecule has 1 aliphatic heterocycles. The van der Waals surface area contributed by atoms with Crippen molar-refractivity contribution in [1.82, 2.24) is 0 Å². The highest BCUT2D eigenvalue weighted by molar-refractivity contribution is 4.79. The van der Waals surface area contributed by atoms with Crippen molar-refractivity contribution in [1.29, 1.82) is 0 Å². The molecule has 2 fully saturated rings. The van der Waals surface area contributed by atoms with Crippen molar-refractivity contribution in [2.45, 2.75) is 51.0 Å². The van der Waals surface area contributed by atoms with Crippen molar-refractivity contribution < 1.29 is 4.74 Å². The second-order valence-corrected chi connectivity index (χ2v) is 4.99. The fourth-order valence-electron chi connectivity index (χ4n) is 3.05. The summed E-state index contributed by atoms with van der Waals surface area (Å²) in [4.78, 5) is 0. The normalized spacial score (nSPS) is 36.6. The summed E-state index contributed by atoms with van der Waals surface area (Å²) < 4.78 is 5.42. The van der Waals surface area contributed by atoms with E-state index in [9.17, 15) is 0 Å². The third-order valence-corrected chi connectivity index (χ3v) is 3.94. The van der Waals surface area contributed by atoms with Crippen LogP contribution in [0, 0.1) is 11.8 Å². The van der Waals surface area contributed by atoms with E-state index in [1.54, 1.807) is 0 Å². The molecule has 0 amide bonds. The summed E-state index contributed by atoms with van der Waals surface area (Å²) in [5.74, 6) is 1.81. The molecule has 82 valence electrons. The molecule has 0 aromatic heterocycles. The average Bonchev–Trinajstić information content (AvgIpc) is 2.44. The van der Waals surface area contributed by atoms with Crippen LogP contribution in [0.4, 0.5) is 0 Å². The molecule has 0 radical (unpaired) electrons. The standard InChI is InChI=1S/C12H23NO/c13-12-4-2-1-3-11(9-12)10-5-7-14-8-6-10/h10-12H,1-9,13H2. The van der Waals surface area contributed by atoms with Gasteiger partial charge in [0.25, 0.3) is 0 Å². The summed E-state index contributed by atoms with van der Waals surface area (Å²) in [6, 6.07) is 0.477. The van der Waals surface area contributed by atoms with Gasteiger partial charge in [-0.1, -0.05) is 19.3 Å². The van der Waals surface area contributed by atoms with E-state index in [0.29, 0.717) is 6.04 Å². The van der Waals surface area contributed by atoms with E-state index < -0.39 is 0 Å². The van der Waals surface area contributed by atoms with Crippen LogP contribution < -0.4 is 5.73 Å². The largest absolute Gasteiger partial charge is 0.381 e. The Balaban J connectivity index is 1.87. The Bertz CT molecular complexity index is 166. The first kappa shape index (κ1) is 10.4. The zero-order valence-corrected chi connectivity index (χ0v) is 9.08. The van der Waals surface area contributed by atoms with Crippen LogP contribution in [-0.4, -0.2) is 19.3 Å². The summed E-state index contributed by atoms with van der Waals surface area (Å²) in [5, 5.41) is 0. The molecule has 2 atom stereocenters. The van der Waals surface area contributed by atoms with Crippen LogP contribution in [0.1, 0.15) is 44.9 Å². The van der Waals surface area contributed by atoms with Crippen molar-refractivity contribution in [3.63, 3.8) is 0 Å². The van der Waals surface area contributed by atoms with Crippen LogP contribution in [0.25, 0.3) is 0 Å². The molecule has 14 heavy (non-hydrogen) atoms. The van der Waals surface area contributed by atoms with Gasteiger partial charge in [0.2, 0.25) is 0 Å². The Hall–Kier alpha value is -0.0800. The van der Waals surface area contributed by atoms with E-state index in [-0.39, 0.29) is 0 Å². The molecule has 0 aromatic carbocycles. The Kier molecular flexibility index (Phi) is 3.82. The predicted molar refractivity (Wildman–Crippen MR) is 58.1 cm³/mol. The van der Waals surface area contributed by atoms with Gasteiger partial charge in [0, 0.05) is 19.3 Å². The zero-order chi connectivity index (χ0) is 9.80. The van der Waals surface area contributed by atoms with Gasteiger partial charge in [0.15, 0.2) is 0 Å². The molecule has 2 heteroatoms. The molecule has 2 unspecified atom stereocenters. The second kappa shape index (κ2) is 5.13. The molecule has 2 rings (SSSR count). The molecular weight excluding hydrogens is 174 g/mol. The second-order valence-electron chi connectivity index (χ2n) is 4.99. The molecule has 0 aromatic rings. The monoisotopic (exact) mass is 197 g/mol. The van der Waals surface area contributed by atoms with Crippen molar-refractivity contribution >= 4 is 0 Å². The molecule has 0 spiro atoms. The van der Waals surface area contributed by atoms with Crippen molar-refractivity contribution in [3.05, 3.63) is 0 Å². The number of hydrogen-bond acceptors (Lipinski definition) is 2. The molecular formula is C12H23NO. The first-order chi connectivity index (χ1) is 6.86. The van der Waals surface area contributed by atoms with Gasteiger partial charge in [-0.3, -0.25) is 0 Å². The quantitative estimate of drug-likeness (QED) is 0.655. The maximum absolute atomic E-state index is 6.10. The maximum atomic E-state index is 6.10. The Morgan fingerprint density at radius 3 is 2.36 bits per heavy atom. The van der Waals surface area contributed by atoms with Crippen LogP contribution in [0.5, 0.6) is 0 Å². The third kappa shape index (κ3) is 2.71. The summed E-state index contributed by atoms with van der Waals surface area (Å²) >= 11 is 0. The Morgan fingerprint density at radius 1 is 0.857 bits per heavy atom. The summed E-state index contributed by atoms with van der Waals surface area (Å²) in [6.45, 7) is 1.97. The van der Waals surface area contributed by atoms with Crippen LogP contribution in [-0.2, 0) is 4.74 Å². The molecule has 1 saturated heterocycles. The lowest BCUT2D eigenvalue weighted by Gasteiger charge is -2.30. The van der Waals surface area contributed by atoms with Crippen LogP contribution in [0.2, 0.25) is 0 Å². The number of rotatable bonds is 1. The average molecular weight is 197 g/mol. The van der Waals surface area contributed by atoms with Gasteiger partial charge in [0.05, 0.1) is 0 Å². The van der Waals surface area contributed by atoms with Gasteiger partial charge >= 0.3 is 0 Å². The fraction of sp³-hybridized carbons (Fsp3) is 1.00. The molecule has 1 aliphatic carbocycles. The number of ether oxygens (including phenoxy) is 1. The Labute approximate surface area is 87.2 Å².